The lowest BCUT2D eigenvalue weighted by molar-refractivity contribution is 0.355. The van der Waals surface area contributed by atoms with Crippen molar-refractivity contribution in [2.75, 3.05) is 0 Å². The minimum absolute atomic E-state index is 0.0142. The molecule has 3 nitrogen and oxygen atoms in total. The Morgan fingerprint density at radius 2 is 1.78 bits per heavy atom. The molecule has 2 atom stereocenters. The molecule has 1 aliphatic carbocycles. The van der Waals surface area contributed by atoms with E-state index in [1.807, 2.05) is 59.9 Å². The molecule has 0 spiro atoms. The Bertz CT molecular complexity index is 1100. The Hall–Kier alpha value is -3.51. The van der Waals surface area contributed by atoms with E-state index in [1.165, 1.54) is 24.0 Å². The van der Waals surface area contributed by atoms with Crippen molar-refractivity contribution in [3.05, 3.63) is 114 Å². The SMILES string of the molecule is C=C/C(=C\C(C#N)=C/C)c1c[nH]c(C(C)(NC(=C)C)C(C=C)c2ccc(C3CC3)cc2)c1.CC.CC. The average molecular weight is 484 g/mol. The number of hydrogen-bond acceptors (Lipinski definition) is 2. The minimum atomic E-state index is -0.488. The van der Waals surface area contributed by atoms with E-state index in [0.717, 1.165) is 28.4 Å². The molecule has 1 heterocycles. The summed E-state index contributed by atoms with van der Waals surface area (Å²) in [6.07, 6.45) is 12.0. The molecule has 0 aliphatic heterocycles. The Morgan fingerprint density at radius 1 is 1.17 bits per heavy atom. The van der Waals surface area contributed by atoms with Gasteiger partial charge in [-0.2, -0.15) is 5.26 Å². The van der Waals surface area contributed by atoms with Crippen LogP contribution in [0.15, 0.2) is 91.8 Å². The summed E-state index contributed by atoms with van der Waals surface area (Å²) in [5.74, 6) is 0.747. The predicted molar refractivity (Wildman–Crippen MR) is 158 cm³/mol. The first-order valence-corrected chi connectivity index (χ1v) is 13.1. The normalized spacial score (nSPS) is 15.5. The van der Waals surface area contributed by atoms with E-state index in [4.69, 9.17) is 0 Å². The molecule has 2 unspecified atom stereocenters. The van der Waals surface area contributed by atoms with Crippen LogP contribution >= 0.6 is 0 Å². The molecule has 0 amide bonds. The molecule has 36 heavy (non-hydrogen) atoms. The number of allylic oxidation sites excluding steroid dienone is 6. The highest BCUT2D eigenvalue weighted by Crippen LogP contribution is 2.42. The van der Waals surface area contributed by atoms with E-state index >= 15 is 0 Å². The lowest BCUT2D eigenvalue weighted by Gasteiger charge is -2.38. The first-order valence-electron chi connectivity index (χ1n) is 13.1. The summed E-state index contributed by atoms with van der Waals surface area (Å²) in [6.45, 7) is 26.2. The van der Waals surface area contributed by atoms with Crippen molar-refractivity contribution in [3.8, 4) is 6.07 Å². The van der Waals surface area contributed by atoms with Crippen molar-refractivity contribution in [1.82, 2.24) is 10.3 Å². The summed E-state index contributed by atoms with van der Waals surface area (Å²) < 4.78 is 0. The second-order valence-corrected chi connectivity index (χ2v) is 8.72. The largest absolute Gasteiger partial charge is 0.378 e. The minimum Gasteiger partial charge on any atom is -0.378 e. The van der Waals surface area contributed by atoms with Gasteiger partial charge in [0.25, 0.3) is 0 Å². The number of H-pyrrole nitrogens is 1. The maximum absolute atomic E-state index is 9.30. The van der Waals surface area contributed by atoms with Crippen molar-refractivity contribution < 1.29 is 0 Å². The molecule has 0 bridgehead atoms. The van der Waals surface area contributed by atoms with Crippen LogP contribution in [0.4, 0.5) is 0 Å². The van der Waals surface area contributed by atoms with Gasteiger partial charge < -0.3 is 10.3 Å². The van der Waals surface area contributed by atoms with E-state index in [1.54, 1.807) is 12.2 Å². The van der Waals surface area contributed by atoms with Crippen LogP contribution in [-0.2, 0) is 5.54 Å². The van der Waals surface area contributed by atoms with E-state index in [9.17, 15) is 5.26 Å². The third-order valence-electron chi connectivity index (χ3n) is 6.22. The van der Waals surface area contributed by atoms with Crippen LogP contribution in [0.2, 0.25) is 0 Å². The number of rotatable bonds is 10. The Morgan fingerprint density at radius 3 is 2.22 bits per heavy atom. The molecule has 0 saturated heterocycles. The summed E-state index contributed by atoms with van der Waals surface area (Å²) in [5.41, 5.74) is 6.50. The fraction of sp³-hybridized carbons (Fsp3) is 0.364. The Kier molecular flexibility index (Phi) is 12.5. The molecule has 2 N–H and O–H groups in total. The summed E-state index contributed by atoms with van der Waals surface area (Å²) in [6, 6.07) is 13.3. The molecule has 1 aromatic carbocycles. The smallest absolute Gasteiger partial charge is 0.0988 e. The van der Waals surface area contributed by atoms with E-state index in [-0.39, 0.29) is 5.92 Å². The van der Waals surface area contributed by atoms with E-state index in [0.29, 0.717) is 5.57 Å². The van der Waals surface area contributed by atoms with Gasteiger partial charge in [-0.05, 0) is 73.9 Å². The fourth-order valence-corrected chi connectivity index (χ4v) is 4.32. The van der Waals surface area contributed by atoms with Gasteiger partial charge in [0.1, 0.15) is 0 Å². The monoisotopic (exact) mass is 483 g/mol. The molecule has 192 valence electrons. The zero-order chi connectivity index (χ0) is 27.3. The van der Waals surface area contributed by atoms with E-state index in [2.05, 4.69) is 73.4 Å². The molecule has 1 aliphatic rings. The molecule has 0 radical (unpaired) electrons. The number of aromatic amines is 1. The van der Waals surface area contributed by atoms with Crippen molar-refractivity contribution >= 4 is 5.57 Å². The fourth-order valence-electron chi connectivity index (χ4n) is 4.32. The van der Waals surface area contributed by atoms with Crippen LogP contribution in [-0.4, -0.2) is 4.98 Å². The molecule has 1 aromatic heterocycles. The lowest BCUT2D eigenvalue weighted by atomic mass is 9.77. The maximum Gasteiger partial charge on any atom is 0.0988 e. The van der Waals surface area contributed by atoms with Gasteiger partial charge in [-0.25, -0.2) is 0 Å². The number of hydrogen-bond donors (Lipinski definition) is 2. The number of nitriles is 1. The topological polar surface area (TPSA) is 51.6 Å². The lowest BCUT2D eigenvalue weighted by Crippen LogP contribution is -2.43. The van der Waals surface area contributed by atoms with Crippen molar-refractivity contribution in [3.63, 3.8) is 0 Å². The molecule has 1 fully saturated rings. The first-order chi connectivity index (χ1) is 17.4. The zero-order valence-electron chi connectivity index (χ0n) is 23.4. The Labute approximate surface area is 220 Å². The van der Waals surface area contributed by atoms with Gasteiger partial charge in [0.05, 0.1) is 11.6 Å². The number of benzene rings is 1. The Balaban J connectivity index is 0.00000154. The van der Waals surface area contributed by atoms with Crippen molar-refractivity contribution in [1.29, 1.82) is 5.26 Å². The number of nitrogens with zero attached hydrogens (tertiary/aromatic N) is 1. The molecular weight excluding hydrogens is 438 g/mol. The maximum atomic E-state index is 9.30. The van der Waals surface area contributed by atoms with Crippen LogP contribution < -0.4 is 5.32 Å². The molecule has 3 heteroatoms. The van der Waals surface area contributed by atoms with Gasteiger partial charge >= 0.3 is 0 Å². The summed E-state index contributed by atoms with van der Waals surface area (Å²) in [4.78, 5) is 3.46. The second-order valence-electron chi connectivity index (χ2n) is 8.72. The standard InChI is InChI=1S/C29H33N3.2C2H6/c1-7-21(18-30)16-22(8-2)26-17-28(31-19-26)29(6,32-20(4)5)27(9-3)25-14-12-24(13-15-25)23-10-11-23;2*1-2/h7-9,12-17,19,23,27,31-32H,2-4,10-11H2,1,5-6H3;2*1-2H3/b21-7+,22-16+;;. The van der Waals surface area contributed by atoms with Gasteiger partial charge in [0, 0.05) is 29.1 Å². The van der Waals surface area contributed by atoms with E-state index < -0.39 is 5.54 Å². The summed E-state index contributed by atoms with van der Waals surface area (Å²) >= 11 is 0. The molecular formula is C33H45N3. The van der Waals surface area contributed by atoms with Crippen LogP contribution in [0.3, 0.4) is 0 Å². The van der Waals surface area contributed by atoms with Gasteiger partial charge in [-0.1, -0.05) is 83.3 Å². The summed E-state index contributed by atoms with van der Waals surface area (Å²) in [5, 5.41) is 12.9. The third-order valence-corrected chi connectivity index (χ3v) is 6.22. The highest BCUT2D eigenvalue weighted by Gasteiger charge is 2.37. The van der Waals surface area contributed by atoms with Crippen LogP contribution in [0, 0.1) is 11.3 Å². The predicted octanol–water partition coefficient (Wildman–Crippen LogP) is 9.29. The highest BCUT2D eigenvalue weighted by molar-refractivity contribution is 5.76. The zero-order valence-corrected chi connectivity index (χ0v) is 23.4. The average Bonchev–Trinajstić information content (AvgIpc) is 3.63. The summed E-state index contributed by atoms with van der Waals surface area (Å²) in [7, 11) is 0. The van der Waals surface area contributed by atoms with Gasteiger partial charge in [-0.3, -0.25) is 0 Å². The van der Waals surface area contributed by atoms with Crippen LogP contribution in [0.25, 0.3) is 5.57 Å². The molecule has 3 rings (SSSR count). The van der Waals surface area contributed by atoms with Gasteiger partial charge in [0.15, 0.2) is 0 Å². The van der Waals surface area contributed by atoms with Crippen LogP contribution in [0.1, 0.15) is 95.5 Å². The van der Waals surface area contributed by atoms with Gasteiger partial charge in [0.2, 0.25) is 0 Å². The van der Waals surface area contributed by atoms with Crippen LogP contribution in [0.5, 0.6) is 0 Å². The van der Waals surface area contributed by atoms with Crippen molar-refractivity contribution in [2.24, 2.45) is 0 Å². The van der Waals surface area contributed by atoms with Gasteiger partial charge in [-0.15, -0.1) is 6.58 Å². The molecule has 1 saturated carbocycles. The highest BCUT2D eigenvalue weighted by atomic mass is 15.0. The third kappa shape index (κ3) is 7.49. The van der Waals surface area contributed by atoms with Crippen molar-refractivity contribution in [2.45, 2.75) is 78.7 Å². The molecule has 2 aromatic rings. The second kappa shape index (κ2) is 14.8. The number of nitrogens with one attached hydrogen (secondary N) is 2. The first kappa shape index (κ1) is 30.5. The quantitative estimate of drug-likeness (QED) is 0.201. The number of aromatic nitrogens is 1.